The Morgan fingerprint density at radius 3 is 2.19 bits per heavy atom. The predicted octanol–water partition coefficient (Wildman–Crippen LogP) is 4.39. The second-order valence-corrected chi connectivity index (χ2v) is 3.86. The van der Waals surface area contributed by atoms with E-state index >= 15 is 0 Å². The zero-order chi connectivity index (χ0) is 12.6. The average molecular weight is 244 g/mol. The lowest BCUT2D eigenvalue weighted by Gasteiger charge is -2.23. The van der Waals surface area contributed by atoms with Gasteiger partial charge in [-0.15, -0.1) is 0 Å². The van der Waals surface area contributed by atoms with Gasteiger partial charge in [0.25, 0.3) is 0 Å². The number of hydrogen-bond donors (Lipinski definition) is 0. The van der Waals surface area contributed by atoms with Crippen LogP contribution in [0.15, 0.2) is 23.3 Å². The van der Waals surface area contributed by atoms with E-state index in [1.807, 2.05) is 0 Å². The SMILES string of the molecule is CC1=CC(C(F)(F)F)CC(CC(F)(F)F)=C1. The molecule has 92 valence electrons. The van der Waals surface area contributed by atoms with E-state index in [-0.39, 0.29) is 11.1 Å². The minimum absolute atomic E-state index is 0.213. The fourth-order valence-electron chi connectivity index (χ4n) is 1.68. The van der Waals surface area contributed by atoms with Crippen molar-refractivity contribution in [1.29, 1.82) is 0 Å². The Balaban J connectivity index is 2.81. The van der Waals surface area contributed by atoms with Crippen LogP contribution in [0.25, 0.3) is 0 Å². The second kappa shape index (κ2) is 4.14. The van der Waals surface area contributed by atoms with Gasteiger partial charge in [-0.1, -0.05) is 23.3 Å². The number of hydrogen-bond acceptors (Lipinski definition) is 0. The summed E-state index contributed by atoms with van der Waals surface area (Å²) in [6.45, 7) is 1.37. The molecule has 0 fully saturated rings. The van der Waals surface area contributed by atoms with Crippen molar-refractivity contribution in [3.8, 4) is 0 Å². The molecule has 0 radical (unpaired) electrons. The molecule has 0 aromatic rings. The second-order valence-electron chi connectivity index (χ2n) is 3.86. The molecule has 1 atom stereocenters. The molecule has 0 aromatic carbocycles. The Morgan fingerprint density at radius 1 is 1.19 bits per heavy atom. The number of alkyl halides is 6. The quantitative estimate of drug-likeness (QED) is 0.600. The summed E-state index contributed by atoms with van der Waals surface area (Å²) in [6.07, 6.45) is -8.67. The Labute approximate surface area is 88.6 Å². The van der Waals surface area contributed by atoms with Crippen LogP contribution in [0.2, 0.25) is 0 Å². The standard InChI is InChI=1S/C10H10F6/c1-6-2-7(5-9(11,12)13)4-8(3-6)10(14,15)16/h2-3,8H,4-5H2,1H3. The van der Waals surface area contributed by atoms with Gasteiger partial charge in [-0.25, -0.2) is 0 Å². The number of rotatable bonds is 1. The highest BCUT2D eigenvalue weighted by Gasteiger charge is 2.41. The van der Waals surface area contributed by atoms with Gasteiger partial charge in [-0.3, -0.25) is 0 Å². The lowest BCUT2D eigenvalue weighted by molar-refractivity contribution is -0.163. The summed E-state index contributed by atoms with van der Waals surface area (Å²) in [5.41, 5.74) is 0.0163. The van der Waals surface area contributed by atoms with E-state index in [0.717, 1.165) is 6.08 Å². The van der Waals surface area contributed by atoms with Gasteiger partial charge in [0.1, 0.15) is 0 Å². The van der Waals surface area contributed by atoms with Gasteiger partial charge in [0.05, 0.1) is 12.3 Å². The molecule has 0 saturated carbocycles. The van der Waals surface area contributed by atoms with Gasteiger partial charge in [-0.05, 0) is 13.3 Å². The minimum Gasteiger partial charge on any atom is -0.171 e. The monoisotopic (exact) mass is 244 g/mol. The van der Waals surface area contributed by atoms with Crippen molar-refractivity contribution in [2.45, 2.75) is 32.1 Å². The molecule has 0 spiro atoms. The molecule has 1 aliphatic carbocycles. The first-order chi connectivity index (χ1) is 7.08. The molecular weight excluding hydrogens is 234 g/mol. The topological polar surface area (TPSA) is 0 Å². The third-order valence-corrected chi connectivity index (χ3v) is 2.23. The average Bonchev–Trinajstić information content (AvgIpc) is 1.97. The molecular formula is C10H10F6. The highest BCUT2D eigenvalue weighted by atomic mass is 19.4. The molecule has 6 heteroatoms. The zero-order valence-corrected chi connectivity index (χ0v) is 8.41. The molecule has 0 N–H and O–H groups in total. The lowest BCUT2D eigenvalue weighted by atomic mass is 9.89. The maximum Gasteiger partial charge on any atom is 0.395 e. The van der Waals surface area contributed by atoms with Crippen molar-refractivity contribution in [2.75, 3.05) is 0 Å². The van der Waals surface area contributed by atoms with Gasteiger partial charge >= 0.3 is 12.4 Å². The van der Waals surface area contributed by atoms with Crippen molar-refractivity contribution >= 4 is 0 Å². The Hall–Kier alpha value is -0.940. The number of halogens is 6. The van der Waals surface area contributed by atoms with E-state index < -0.39 is 31.1 Å². The van der Waals surface area contributed by atoms with Crippen LogP contribution >= 0.6 is 0 Å². The van der Waals surface area contributed by atoms with E-state index in [1.54, 1.807) is 0 Å². The lowest BCUT2D eigenvalue weighted by Crippen LogP contribution is -2.24. The molecule has 0 amide bonds. The summed E-state index contributed by atoms with van der Waals surface area (Å²) in [5.74, 6) is -1.80. The van der Waals surface area contributed by atoms with Crippen molar-refractivity contribution < 1.29 is 26.3 Å². The van der Waals surface area contributed by atoms with E-state index in [0.29, 0.717) is 0 Å². The molecule has 0 nitrogen and oxygen atoms in total. The van der Waals surface area contributed by atoms with Crippen LogP contribution in [0.4, 0.5) is 26.3 Å². The van der Waals surface area contributed by atoms with Gasteiger partial charge in [0, 0.05) is 0 Å². The first kappa shape index (κ1) is 13.1. The van der Waals surface area contributed by atoms with Crippen molar-refractivity contribution in [2.24, 2.45) is 5.92 Å². The Kier molecular flexibility index (Phi) is 3.40. The van der Waals surface area contributed by atoms with Gasteiger partial charge < -0.3 is 0 Å². The van der Waals surface area contributed by atoms with E-state index in [2.05, 4.69) is 0 Å². The highest BCUT2D eigenvalue weighted by Crippen LogP contribution is 2.39. The summed E-state index contributed by atoms with van der Waals surface area (Å²) < 4.78 is 73.3. The zero-order valence-electron chi connectivity index (χ0n) is 8.41. The van der Waals surface area contributed by atoms with Crippen molar-refractivity contribution in [1.82, 2.24) is 0 Å². The largest absolute Gasteiger partial charge is 0.395 e. The summed E-state index contributed by atoms with van der Waals surface area (Å²) >= 11 is 0. The molecule has 0 heterocycles. The van der Waals surface area contributed by atoms with Crippen LogP contribution < -0.4 is 0 Å². The molecule has 0 bridgehead atoms. The predicted molar refractivity (Wildman–Crippen MR) is 46.7 cm³/mol. The van der Waals surface area contributed by atoms with Gasteiger partial charge in [-0.2, -0.15) is 26.3 Å². The molecule has 0 saturated heterocycles. The third-order valence-electron chi connectivity index (χ3n) is 2.23. The molecule has 1 rings (SSSR count). The molecule has 0 aromatic heterocycles. The maximum atomic E-state index is 12.4. The van der Waals surface area contributed by atoms with Crippen LogP contribution in [0.1, 0.15) is 19.8 Å². The third kappa shape index (κ3) is 3.90. The molecule has 16 heavy (non-hydrogen) atoms. The van der Waals surface area contributed by atoms with E-state index in [1.165, 1.54) is 13.0 Å². The van der Waals surface area contributed by atoms with Crippen LogP contribution in [0.5, 0.6) is 0 Å². The van der Waals surface area contributed by atoms with Crippen LogP contribution in [-0.4, -0.2) is 12.4 Å². The Bertz CT molecular complexity index is 317. The van der Waals surface area contributed by atoms with Crippen molar-refractivity contribution in [3.63, 3.8) is 0 Å². The number of allylic oxidation sites excluding steroid dienone is 4. The minimum atomic E-state index is -4.48. The summed E-state index contributed by atoms with van der Waals surface area (Å²) in [6, 6.07) is 0. The fraction of sp³-hybridized carbons (Fsp3) is 0.600. The summed E-state index contributed by atoms with van der Waals surface area (Å²) in [4.78, 5) is 0. The van der Waals surface area contributed by atoms with Crippen LogP contribution in [0.3, 0.4) is 0 Å². The maximum absolute atomic E-state index is 12.4. The van der Waals surface area contributed by atoms with E-state index in [9.17, 15) is 26.3 Å². The normalized spacial score (nSPS) is 22.8. The molecule has 0 aliphatic heterocycles. The first-order valence-electron chi connectivity index (χ1n) is 4.59. The summed E-state index contributed by atoms with van der Waals surface area (Å²) in [5, 5.41) is 0. The summed E-state index contributed by atoms with van der Waals surface area (Å²) in [7, 11) is 0. The molecule has 1 aliphatic rings. The first-order valence-corrected chi connectivity index (χ1v) is 4.59. The smallest absolute Gasteiger partial charge is 0.171 e. The van der Waals surface area contributed by atoms with Crippen LogP contribution in [-0.2, 0) is 0 Å². The Morgan fingerprint density at radius 2 is 1.75 bits per heavy atom. The highest BCUT2D eigenvalue weighted by molar-refractivity contribution is 5.29. The fourth-order valence-corrected chi connectivity index (χ4v) is 1.68. The molecule has 1 unspecified atom stereocenters. The van der Waals surface area contributed by atoms with Gasteiger partial charge in [0.2, 0.25) is 0 Å². The van der Waals surface area contributed by atoms with Gasteiger partial charge in [0.15, 0.2) is 0 Å². The van der Waals surface area contributed by atoms with E-state index in [4.69, 9.17) is 0 Å². The van der Waals surface area contributed by atoms with Crippen molar-refractivity contribution in [3.05, 3.63) is 23.3 Å². The van der Waals surface area contributed by atoms with Crippen LogP contribution in [0, 0.1) is 5.92 Å².